The lowest BCUT2D eigenvalue weighted by molar-refractivity contribution is -0.0511. The highest BCUT2D eigenvalue weighted by Gasteiger charge is 2.44. The number of rotatable bonds is 3. The highest BCUT2D eigenvalue weighted by molar-refractivity contribution is 5.69. The van der Waals surface area contributed by atoms with E-state index in [1.165, 1.54) is 10.9 Å². The number of aromatic nitrogens is 4. The first-order valence-corrected chi connectivity index (χ1v) is 6.26. The molecule has 10 heteroatoms. The Bertz CT molecular complexity index is 712. The lowest BCUT2D eigenvalue weighted by Crippen LogP contribution is -2.33. The van der Waals surface area contributed by atoms with Crippen LogP contribution in [0.3, 0.4) is 0 Å². The van der Waals surface area contributed by atoms with Crippen LogP contribution in [0.15, 0.2) is 11.1 Å². The first-order valence-electron chi connectivity index (χ1n) is 6.26. The van der Waals surface area contributed by atoms with E-state index in [9.17, 15) is 15.0 Å². The number of fused-ring (bicyclic) bond motifs is 1. The van der Waals surface area contributed by atoms with Gasteiger partial charge in [-0.2, -0.15) is 0 Å². The van der Waals surface area contributed by atoms with Gasteiger partial charge in [0.2, 0.25) is 0 Å². The van der Waals surface area contributed by atoms with Crippen LogP contribution in [0.1, 0.15) is 12.1 Å². The van der Waals surface area contributed by atoms with Gasteiger partial charge in [-0.3, -0.25) is 9.36 Å². The van der Waals surface area contributed by atoms with Crippen LogP contribution in [0.5, 0.6) is 0 Å². The fourth-order valence-corrected chi connectivity index (χ4v) is 2.34. The Morgan fingerprint density at radius 3 is 2.71 bits per heavy atom. The van der Waals surface area contributed by atoms with Gasteiger partial charge in [-0.05, 0) is 0 Å². The molecule has 10 nitrogen and oxygen atoms in total. The van der Waals surface area contributed by atoms with Crippen LogP contribution in [0, 0.1) is 0 Å². The molecule has 2 aromatic heterocycles. The molecular formula is C11H14N4O6. The summed E-state index contributed by atoms with van der Waals surface area (Å²) >= 11 is 0. The summed E-state index contributed by atoms with van der Waals surface area (Å²) in [6.07, 6.45) is -3.31. The molecule has 0 aliphatic carbocycles. The van der Waals surface area contributed by atoms with Crippen molar-refractivity contribution >= 4 is 11.2 Å². The molecule has 1 aliphatic heterocycles. The van der Waals surface area contributed by atoms with Crippen LogP contribution in [-0.4, -0.2) is 64.9 Å². The number of H-pyrrole nitrogens is 1. The summed E-state index contributed by atoms with van der Waals surface area (Å²) in [5.74, 6) is 0.0426. The molecule has 2 aromatic rings. The van der Waals surface area contributed by atoms with E-state index in [0.717, 1.165) is 0 Å². The Morgan fingerprint density at radius 1 is 1.33 bits per heavy atom. The van der Waals surface area contributed by atoms with Gasteiger partial charge >= 0.3 is 0 Å². The normalized spacial score (nSPS) is 29.3. The Kier molecular flexibility index (Phi) is 3.47. The standard InChI is InChI=1S/C11H14N4O6/c16-1-4-7(18)8(19)11(21-4)15-3-12-6-9(15)13-5(2-17)14-10(6)20/h3-4,7-8,11,16-19H,1-2H2,(H,13,14,20)/t4-,7-,8-,11-/m1/s1. The number of hydrogen-bond donors (Lipinski definition) is 5. The van der Waals surface area contributed by atoms with Crippen LogP contribution in [0.4, 0.5) is 0 Å². The van der Waals surface area contributed by atoms with E-state index in [1.54, 1.807) is 0 Å². The number of aromatic amines is 1. The number of aliphatic hydroxyl groups is 4. The average molecular weight is 298 g/mol. The molecule has 4 atom stereocenters. The molecule has 1 aliphatic rings. The van der Waals surface area contributed by atoms with Crippen LogP contribution in [-0.2, 0) is 11.3 Å². The molecule has 0 unspecified atom stereocenters. The minimum atomic E-state index is -1.31. The third kappa shape index (κ3) is 2.13. The SMILES string of the molecule is O=c1[nH]c(CO)nc2c1ncn2[C@@H]1O[C@H](CO)[C@@H](O)[C@H]1O. The van der Waals surface area contributed by atoms with Crippen molar-refractivity contribution in [1.29, 1.82) is 0 Å². The maximum atomic E-state index is 11.8. The van der Waals surface area contributed by atoms with Crippen molar-refractivity contribution < 1.29 is 25.2 Å². The summed E-state index contributed by atoms with van der Waals surface area (Å²) in [6, 6.07) is 0. The molecule has 3 heterocycles. The minimum absolute atomic E-state index is 0.0185. The number of ether oxygens (including phenoxy) is 1. The van der Waals surface area contributed by atoms with E-state index in [2.05, 4.69) is 15.0 Å². The van der Waals surface area contributed by atoms with E-state index in [4.69, 9.17) is 14.9 Å². The molecule has 0 bridgehead atoms. The van der Waals surface area contributed by atoms with Crippen LogP contribution in [0.2, 0.25) is 0 Å². The predicted molar refractivity (Wildman–Crippen MR) is 67.1 cm³/mol. The third-order valence-corrected chi connectivity index (χ3v) is 3.42. The molecule has 1 fully saturated rings. The van der Waals surface area contributed by atoms with Gasteiger partial charge in [0.1, 0.15) is 30.7 Å². The van der Waals surface area contributed by atoms with Crippen LogP contribution >= 0.6 is 0 Å². The van der Waals surface area contributed by atoms with Crippen molar-refractivity contribution in [3.05, 3.63) is 22.5 Å². The second-order valence-corrected chi connectivity index (χ2v) is 4.72. The van der Waals surface area contributed by atoms with Gasteiger partial charge in [0.25, 0.3) is 5.56 Å². The van der Waals surface area contributed by atoms with Gasteiger partial charge in [-0.15, -0.1) is 0 Å². The van der Waals surface area contributed by atoms with E-state index in [1.807, 2.05) is 0 Å². The van der Waals surface area contributed by atoms with Crippen LogP contribution in [0.25, 0.3) is 11.2 Å². The highest BCUT2D eigenvalue weighted by Crippen LogP contribution is 2.30. The summed E-state index contributed by atoms with van der Waals surface area (Å²) in [5.41, 5.74) is -0.405. The van der Waals surface area contributed by atoms with Crippen molar-refractivity contribution in [3.63, 3.8) is 0 Å². The summed E-state index contributed by atoms with van der Waals surface area (Å²) in [4.78, 5) is 22.1. The Morgan fingerprint density at radius 2 is 2.10 bits per heavy atom. The molecule has 0 saturated carbocycles. The maximum absolute atomic E-state index is 11.8. The van der Waals surface area contributed by atoms with Gasteiger partial charge in [-0.1, -0.05) is 0 Å². The predicted octanol–water partition coefficient (Wildman–Crippen LogP) is -2.78. The maximum Gasteiger partial charge on any atom is 0.279 e. The largest absolute Gasteiger partial charge is 0.394 e. The quantitative estimate of drug-likeness (QED) is 0.408. The van der Waals surface area contributed by atoms with Gasteiger partial charge in [-0.25, -0.2) is 9.97 Å². The fourth-order valence-electron chi connectivity index (χ4n) is 2.34. The molecule has 3 rings (SSSR count). The Balaban J connectivity index is 2.09. The fraction of sp³-hybridized carbons (Fsp3) is 0.545. The lowest BCUT2D eigenvalue weighted by atomic mass is 10.1. The highest BCUT2D eigenvalue weighted by atomic mass is 16.6. The van der Waals surface area contributed by atoms with Gasteiger partial charge in [0, 0.05) is 0 Å². The van der Waals surface area contributed by atoms with E-state index in [0.29, 0.717) is 0 Å². The molecule has 114 valence electrons. The second-order valence-electron chi connectivity index (χ2n) is 4.72. The average Bonchev–Trinajstić information content (AvgIpc) is 3.02. The molecule has 21 heavy (non-hydrogen) atoms. The van der Waals surface area contributed by atoms with E-state index in [-0.39, 0.29) is 17.0 Å². The van der Waals surface area contributed by atoms with E-state index >= 15 is 0 Å². The second kappa shape index (κ2) is 5.16. The third-order valence-electron chi connectivity index (χ3n) is 3.42. The summed E-state index contributed by atoms with van der Waals surface area (Å²) < 4.78 is 6.64. The van der Waals surface area contributed by atoms with Gasteiger partial charge in [0.15, 0.2) is 17.4 Å². The van der Waals surface area contributed by atoms with Crippen molar-refractivity contribution in [1.82, 2.24) is 19.5 Å². The zero-order valence-electron chi connectivity index (χ0n) is 10.7. The van der Waals surface area contributed by atoms with Crippen molar-refractivity contribution in [2.24, 2.45) is 0 Å². The zero-order chi connectivity index (χ0) is 15.1. The smallest absolute Gasteiger partial charge is 0.279 e. The summed E-state index contributed by atoms with van der Waals surface area (Å²) in [5, 5.41) is 37.9. The summed E-state index contributed by atoms with van der Waals surface area (Å²) in [6.45, 7) is -0.927. The number of imidazole rings is 1. The zero-order valence-corrected chi connectivity index (χ0v) is 10.7. The van der Waals surface area contributed by atoms with Crippen molar-refractivity contribution in [2.75, 3.05) is 6.61 Å². The first kappa shape index (κ1) is 14.1. The molecule has 0 aromatic carbocycles. The summed E-state index contributed by atoms with van der Waals surface area (Å²) in [7, 11) is 0. The monoisotopic (exact) mass is 298 g/mol. The van der Waals surface area contributed by atoms with Crippen molar-refractivity contribution in [2.45, 2.75) is 31.1 Å². The van der Waals surface area contributed by atoms with Gasteiger partial charge in [0.05, 0.1) is 12.9 Å². The lowest BCUT2D eigenvalue weighted by Gasteiger charge is -2.16. The van der Waals surface area contributed by atoms with E-state index < -0.39 is 43.3 Å². The number of aliphatic hydroxyl groups excluding tert-OH is 4. The molecule has 0 spiro atoms. The molecule has 0 radical (unpaired) electrons. The Labute approximate surface area is 117 Å². The minimum Gasteiger partial charge on any atom is -0.394 e. The van der Waals surface area contributed by atoms with Crippen LogP contribution < -0.4 is 5.56 Å². The molecule has 5 N–H and O–H groups in total. The number of hydrogen-bond acceptors (Lipinski definition) is 8. The first-order chi connectivity index (χ1) is 10.1. The number of nitrogens with zero attached hydrogens (tertiary/aromatic N) is 3. The molecule has 0 amide bonds. The van der Waals surface area contributed by atoms with Crippen molar-refractivity contribution in [3.8, 4) is 0 Å². The molecule has 1 saturated heterocycles. The topological polar surface area (TPSA) is 154 Å². The Hall–Kier alpha value is -1.85. The number of nitrogens with one attached hydrogen (secondary N) is 1. The van der Waals surface area contributed by atoms with Gasteiger partial charge < -0.3 is 30.1 Å². The molecular weight excluding hydrogens is 284 g/mol.